The van der Waals surface area contributed by atoms with Gasteiger partial charge in [0.15, 0.2) is 0 Å². The van der Waals surface area contributed by atoms with Gasteiger partial charge in [0, 0.05) is 24.5 Å². The van der Waals surface area contributed by atoms with Crippen LogP contribution in [0.4, 0.5) is 10.9 Å². The number of hydrogen-bond acceptors (Lipinski definition) is 9. The van der Waals surface area contributed by atoms with Crippen molar-refractivity contribution in [3.05, 3.63) is 21.8 Å². The van der Waals surface area contributed by atoms with Gasteiger partial charge in [-0.1, -0.05) is 11.3 Å². The Kier molecular flexibility index (Phi) is 4.66. The minimum atomic E-state index is 0.0995. The smallest absolute Gasteiger partial charge is 0.208 e. The average Bonchev–Trinajstić information content (AvgIpc) is 3.34. The molecule has 9 heteroatoms. The number of nitrogens with one attached hydrogen (secondary N) is 1. The summed E-state index contributed by atoms with van der Waals surface area (Å²) in [7, 11) is 0. The Balaban J connectivity index is 1.36. The van der Waals surface area contributed by atoms with Crippen LogP contribution in [0.15, 0.2) is 5.51 Å². The number of nitrogens with zero attached hydrogens (tertiary/aromatic N) is 5. The molecule has 2 aliphatic rings. The third-order valence-corrected chi connectivity index (χ3v) is 7.12. The van der Waals surface area contributed by atoms with Crippen LogP contribution in [0.2, 0.25) is 0 Å². The van der Waals surface area contributed by atoms with E-state index >= 15 is 0 Å². The van der Waals surface area contributed by atoms with Crippen LogP contribution in [-0.4, -0.2) is 52.5 Å². The van der Waals surface area contributed by atoms with Crippen molar-refractivity contribution in [3.8, 4) is 0 Å². The van der Waals surface area contributed by atoms with E-state index in [1.807, 2.05) is 18.3 Å². The van der Waals surface area contributed by atoms with Crippen molar-refractivity contribution >= 4 is 43.8 Å². The number of rotatable bonds is 4. The van der Waals surface area contributed by atoms with E-state index in [2.05, 4.69) is 20.4 Å². The predicted molar refractivity (Wildman–Crippen MR) is 109 cm³/mol. The normalized spacial score (nSPS) is 20.0. The number of aromatic nitrogens is 4. The molecule has 0 spiro atoms. The fourth-order valence-corrected chi connectivity index (χ4v) is 5.83. The second-order valence-corrected chi connectivity index (χ2v) is 8.95. The minimum absolute atomic E-state index is 0.0995. The SMILES string of the molecule is Cc1nc(NCC2CN(c3nncs3)CCO2)c2c3c(sc2n1)CCCC3. The summed E-state index contributed by atoms with van der Waals surface area (Å²) in [6, 6.07) is 0. The van der Waals surface area contributed by atoms with Gasteiger partial charge in [0.25, 0.3) is 0 Å². The molecule has 27 heavy (non-hydrogen) atoms. The molecule has 1 unspecified atom stereocenters. The van der Waals surface area contributed by atoms with Gasteiger partial charge in [0.1, 0.15) is 22.0 Å². The molecule has 0 aromatic carbocycles. The van der Waals surface area contributed by atoms with Gasteiger partial charge in [-0.2, -0.15) is 0 Å². The van der Waals surface area contributed by atoms with Gasteiger partial charge in [-0.05, 0) is 38.2 Å². The van der Waals surface area contributed by atoms with Crippen molar-refractivity contribution in [1.29, 1.82) is 0 Å². The molecule has 7 nitrogen and oxygen atoms in total. The maximum absolute atomic E-state index is 5.98. The van der Waals surface area contributed by atoms with Crippen LogP contribution in [0.1, 0.15) is 29.1 Å². The van der Waals surface area contributed by atoms with Gasteiger partial charge >= 0.3 is 0 Å². The highest BCUT2D eigenvalue weighted by Crippen LogP contribution is 2.38. The van der Waals surface area contributed by atoms with E-state index in [1.165, 1.54) is 35.1 Å². The van der Waals surface area contributed by atoms with Crippen molar-refractivity contribution in [3.63, 3.8) is 0 Å². The Bertz CT molecular complexity index is 941. The zero-order chi connectivity index (χ0) is 18.2. The summed E-state index contributed by atoms with van der Waals surface area (Å²) in [6.45, 7) is 5.08. The van der Waals surface area contributed by atoms with Gasteiger partial charge in [0.05, 0.1) is 18.1 Å². The lowest BCUT2D eigenvalue weighted by atomic mass is 9.97. The van der Waals surface area contributed by atoms with E-state index in [-0.39, 0.29) is 6.10 Å². The molecule has 1 atom stereocenters. The molecule has 5 rings (SSSR count). The van der Waals surface area contributed by atoms with Gasteiger partial charge in [-0.3, -0.25) is 0 Å². The van der Waals surface area contributed by atoms with E-state index in [4.69, 9.17) is 14.7 Å². The maximum atomic E-state index is 5.98. The number of morpholine rings is 1. The highest BCUT2D eigenvalue weighted by atomic mass is 32.1. The molecule has 1 saturated heterocycles. The largest absolute Gasteiger partial charge is 0.373 e. The fourth-order valence-electron chi connectivity index (χ4n) is 3.92. The monoisotopic (exact) mass is 402 g/mol. The summed E-state index contributed by atoms with van der Waals surface area (Å²) >= 11 is 3.42. The Hall–Kier alpha value is -1.84. The first-order valence-corrected chi connectivity index (χ1v) is 11.1. The van der Waals surface area contributed by atoms with Crippen LogP contribution >= 0.6 is 22.7 Å². The zero-order valence-electron chi connectivity index (χ0n) is 15.3. The molecule has 1 fully saturated rings. The van der Waals surface area contributed by atoms with Gasteiger partial charge < -0.3 is 15.0 Å². The minimum Gasteiger partial charge on any atom is -0.373 e. The number of aryl methyl sites for hydroxylation is 3. The summed E-state index contributed by atoms with van der Waals surface area (Å²) in [4.78, 5) is 14.3. The second kappa shape index (κ2) is 7.29. The van der Waals surface area contributed by atoms with Crippen LogP contribution < -0.4 is 10.2 Å². The molecule has 1 N–H and O–H groups in total. The third-order valence-electron chi connectivity index (χ3n) is 5.18. The fraction of sp³-hybridized carbons (Fsp3) is 0.556. The lowest BCUT2D eigenvalue weighted by molar-refractivity contribution is 0.0492. The van der Waals surface area contributed by atoms with Crippen LogP contribution in [0, 0.1) is 6.92 Å². The molecule has 1 aliphatic heterocycles. The van der Waals surface area contributed by atoms with E-state index < -0.39 is 0 Å². The van der Waals surface area contributed by atoms with Gasteiger partial charge in [-0.25, -0.2) is 9.97 Å². The molecule has 0 radical (unpaired) electrons. The van der Waals surface area contributed by atoms with E-state index in [1.54, 1.807) is 16.8 Å². The topological polar surface area (TPSA) is 76.1 Å². The Morgan fingerprint density at radius 2 is 2.22 bits per heavy atom. The zero-order valence-corrected chi connectivity index (χ0v) is 16.9. The first-order chi connectivity index (χ1) is 13.3. The van der Waals surface area contributed by atoms with Crippen LogP contribution in [0.25, 0.3) is 10.2 Å². The molecule has 3 aromatic rings. The number of hydrogen-bond donors (Lipinski definition) is 1. The first kappa shape index (κ1) is 17.3. The first-order valence-electron chi connectivity index (χ1n) is 9.43. The van der Waals surface area contributed by atoms with Crippen LogP contribution in [0.3, 0.4) is 0 Å². The molecule has 0 saturated carbocycles. The van der Waals surface area contributed by atoms with E-state index in [0.29, 0.717) is 6.61 Å². The molecular formula is C18H22N6OS2. The molecule has 1 aliphatic carbocycles. The van der Waals surface area contributed by atoms with Crippen molar-refractivity contribution < 1.29 is 4.74 Å². The molecule has 0 bridgehead atoms. The maximum Gasteiger partial charge on any atom is 0.208 e. The van der Waals surface area contributed by atoms with E-state index in [0.717, 1.165) is 47.7 Å². The standard InChI is InChI=1S/C18H22N6OS2/c1-11-21-16(15-13-4-2-3-5-14(13)27-17(15)22-11)19-8-12-9-24(6-7-25-12)18-23-20-10-26-18/h10,12H,2-9H2,1H3,(H,19,21,22). The predicted octanol–water partition coefficient (Wildman–Crippen LogP) is 3.05. The molecule has 142 valence electrons. The van der Waals surface area contributed by atoms with Crippen molar-refractivity contribution in [2.45, 2.75) is 38.7 Å². The van der Waals surface area contributed by atoms with Crippen molar-refractivity contribution in [1.82, 2.24) is 20.2 Å². The molecule has 3 aromatic heterocycles. The lowest BCUT2D eigenvalue weighted by Crippen LogP contribution is -2.45. The molecular weight excluding hydrogens is 380 g/mol. The molecule has 4 heterocycles. The Labute approximate surface area is 165 Å². The van der Waals surface area contributed by atoms with E-state index in [9.17, 15) is 0 Å². The quantitative estimate of drug-likeness (QED) is 0.719. The summed E-state index contributed by atoms with van der Waals surface area (Å²) < 4.78 is 5.98. The summed E-state index contributed by atoms with van der Waals surface area (Å²) in [5, 5.41) is 13.9. The van der Waals surface area contributed by atoms with Crippen molar-refractivity contribution in [2.24, 2.45) is 0 Å². The number of anilines is 2. The lowest BCUT2D eigenvalue weighted by Gasteiger charge is -2.32. The molecule has 0 amide bonds. The summed E-state index contributed by atoms with van der Waals surface area (Å²) in [5.41, 5.74) is 3.24. The second-order valence-electron chi connectivity index (χ2n) is 7.05. The highest BCUT2D eigenvalue weighted by Gasteiger charge is 2.24. The third kappa shape index (κ3) is 3.39. The Morgan fingerprint density at radius 1 is 1.30 bits per heavy atom. The van der Waals surface area contributed by atoms with Crippen molar-refractivity contribution in [2.75, 3.05) is 36.5 Å². The number of ether oxygens (including phenoxy) is 1. The summed E-state index contributed by atoms with van der Waals surface area (Å²) in [5.74, 6) is 1.79. The number of thiophene rings is 1. The summed E-state index contributed by atoms with van der Waals surface area (Å²) in [6.07, 6.45) is 4.96. The average molecular weight is 403 g/mol. The highest BCUT2D eigenvalue weighted by molar-refractivity contribution is 7.19. The van der Waals surface area contributed by atoms with Gasteiger partial charge in [-0.15, -0.1) is 21.5 Å². The number of fused-ring (bicyclic) bond motifs is 3. The van der Waals surface area contributed by atoms with Crippen LogP contribution in [0.5, 0.6) is 0 Å². The Morgan fingerprint density at radius 3 is 3.11 bits per heavy atom. The van der Waals surface area contributed by atoms with Gasteiger partial charge in [0.2, 0.25) is 5.13 Å². The van der Waals surface area contributed by atoms with Crippen LogP contribution in [-0.2, 0) is 17.6 Å².